The summed E-state index contributed by atoms with van der Waals surface area (Å²) >= 11 is 0. The van der Waals surface area contributed by atoms with Crippen molar-refractivity contribution in [2.24, 2.45) is 4.99 Å². The lowest BCUT2D eigenvalue weighted by Crippen LogP contribution is -2.10. The van der Waals surface area contributed by atoms with Gasteiger partial charge in [-0.1, -0.05) is 109 Å². The Morgan fingerprint density at radius 2 is 0.917 bits per heavy atom. The topological polar surface area (TPSA) is 44.9 Å². The second kappa shape index (κ2) is 15.1. The summed E-state index contributed by atoms with van der Waals surface area (Å²) in [6, 6.07) is 76.9. The zero-order chi connectivity index (χ0) is 39.8. The zero-order valence-electron chi connectivity index (χ0n) is 32.7. The molecule has 5 nitrogen and oxygen atoms in total. The molecule has 1 aliphatic rings. The van der Waals surface area contributed by atoms with Gasteiger partial charge in [-0.05, 0) is 142 Å². The Kier molecular flexibility index (Phi) is 8.82. The lowest BCUT2D eigenvalue weighted by molar-refractivity contribution is 0.620. The van der Waals surface area contributed by atoms with Crippen LogP contribution in [-0.2, 0) is 6.42 Å². The summed E-state index contributed by atoms with van der Waals surface area (Å²) in [5, 5.41) is 2.35. The van der Waals surface area contributed by atoms with Gasteiger partial charge in [0, 0.05) is 46.1 Å². The van der Waals surface area contributed by atoms with Gasteiger partial charge in [-0.2, -0.15) is 0 Å². The minimum Gasteiger partial charge on any atom is -0.436 e. The molecule has 0 saturated heterocycles. The minimum absolute atomic E-state index is 0.614. The molecule has 0 bridgehead atoms. The van der Waals surface area contributed by atoms with Crippen LogP contribution in [0.1, 0.15) is 11.1 Å². The predicted molar refractivity (Wildman–Crippen MR) is 248 cm³/mol. The van der Waals surface area contributed by atoms with Crippen LogP contribution in [0.4, 0.5) is 39.8 Å². The van der Waals surface area contributed by atoms with Crippen molar-refractivity contribution in [2.75, 3.05) is 9.80 Å². The standard InChI is InChI=1S/C55H38N4O/c1-3-14-45(15-4-1)58(48-31-26-39(27-32-48)55-57-52-20-9-10-21-54(52)60-55)49-18-11-13-40(35-49)41-22-23-43-36-50(33-28-42(43)34-41)59(46-16-5-2-6-17-46)47-29-24-38(25-30-47)53-37-44-12-7-8-19-51(44)56-53/h1-36H,37H2. The molecule has 1 aromatic heterocycles. The molecule has 0 atom stereocenters. The van der Waals surface area contributed by atoms with E-state index in [9.17, 15) is 0 Å². The molecule has 0 N–H and O–H groups in total. The van der Waals surface area contributed by atoms with E-state index in [1.807, 2.05) is 24.3 Å². The normalized spacial score (nSPS) is 12.0. The van der Waals surface area contributed by atoms with Crippen molar-refractivity contribution in [2.45, 2.75) is 6.42 Å². The molecule has 0 saturated carbocycles. The molecule has 2 heterocycles. The van der Waals surface area contributed by atoms with E-state index in [-0.39, 0.29) is 0 Å². The SMILES string of the molecule is c1ccc(N(c2ccc(-c3nc4ccccc4o3)cc2)c2cccc(-c3ccc4cc(N(c5ccccc5)c5ccc(C6=Nc7ccccc7C6)cc5)ccc4c3)c2)cc1. The molecule has 0 spiro atoms. The van der Waals surface area contributed by atoms with Crippen molar-refractivity contribution in [1.29, 1.82) is 0 Å². The number of oxazole rings is 1. The maximum Gasteiger partial charge on any atom is 0.227 e. The number of hydrogen-bond donors (Lipinski definition) is 0. The first-order chi connectivity index (χ1) is 29.7. The summed E-state index contributed by atoms with van der Waals surface area (Å²) in [5.41, 5.74) is 16.0. The number of anilines is 6. The van der Waals surface area contributed by atoms with Crippen molar-refractivity contribution in [3.63, 3.8) is 0 Å². The molecule has 11 rings (SSSR count). The number of para-hydroxylation sites is 5. The molecule has 0 amide bonds. The van der Waals surface area contributed by atoms with Crippen LogP contribution < -0.4 is 9.80 Å². The summed E-state index contributed by atoms with van der Waals surface area (Å²) in [7, 11) is 0. The average molecular weight is 771 g/mol. The summed E-state index contributed by atoms with van der Waals surface area (Å²) < 4.78 is 6.08. The quantitative estimate of drug-likeness (QED) is 0.147. The Hall–Kier alpha value is -8.02. The highest BCUT2D eigenvalue weighted by atomic mass is 16.3. The van der Waals surface area contributed by atoms with Crippen molar-refractivity contribution in [3.8, 4) is 22.6 Å². The van der Waals surface area contributed by atoms with Gasteiger partial charge in [-0.3, -0.25) is 4.99 Å². The van der Waals surface area contributed by atoms with Crippen LogP contribution in [0.25, 0.3) is 44.5 Å². The van der Waals surface area contributed by atoms with E-state index in [4.69, 9.17) is 14.4 Å². The first-order valence-corrected chi connectivity index (χ1v) is 20.3. The van der Waals surface area contributed by atoms with Crippen molar-refractivity contribution in [1.82, 2.24) is 4.98 Å². The van der Waals surface area contributed by atoms with Gasteiger partial charge in [-0.25, -0.2) is 4.98 Å². The minimum atomic E-state index is 0.614. The van der Waals surface area contributed by atoms with Crippen LogP contribution in [0, 0.1) is 0 Å². The van der Waals surface area contributed by atoms with Gasteiger partial charge in [0.15, 0.2) is 5.58 Å². The van der Waals surface area contributed by atoms with Gasteiger partial charge < -0.3 is 14.2 Å². The molecule has 5 heteroatoms. The number of aliphatic imine (C=N–C) groups is 1. The van der Waals surface area contributed by atoms with Crippen LogP contribution in [0.3, 0.4) is 0 Å². The van der Waals surface area contributed by atoms with Gasteiger partial charge >= 0.3 is 0 Å². The van der Waals surface area contributed by atoms with Crippen LogP contribution in [0.2, 0.25) is 0 Å². The van der Waals surface area contributed by atoms with E-state index in [0.717, 1.165) is 85.3 Å². The van der Waals surface area contributed by atoms with Crippen molar-refractivity contribution in [3.05, 3.63) is 230 Å². The maximum absolute atomic E-state index is 6.08. The summed E-state index contributed by atoms with van der Waals surface area (Å²) in [6.45, 7) is 0. The van der Waals surface area contributed by atoms with E-state index < -0.39 is 0 Å². The molecule has 10 aromatic rings. The Bertz CT molecular complexity index is 3140. The molecule has 0 aliphatic carbocycles. The molecular formula is C55H38N4O. The monoisotopic (exact) mass is 770 g/mol. The van der Waals surface area contributed by atoms with Crippen LogP contribution >= 0.6 is 0 Å². The van der Waals surface area contributed by atoms with Crippen LogP contribution in [0.5, 0.6) is 0 Å². The fourth-order valence-corrected chi connectivity index (χ4v) is 8.28. The second-order valence-corrected chi connectivity index (χ2v) is 15.1. The fourth-order valence-electron chi connectivity index (χ4n) is 8.28. The lowest BCUT2D eigenvalue weighted by atomic mass is 9.99. The van der Waals surface area contributed by atoms with Gasteiger partial charge in [0.05, 0.1) is 11.4 Å². The molecule has 0 radical (unpaired) electrons. The highest BCUT2D eigenvalue weighted by Crippen LogP contribution is 2.40. The predicted octanol–water partition coefficient (Wildman–Crippen LogP) is 14.9. The van der Waals surface area contributed by atoms with Gasteiger partial charge in [0.25, 0.3) is 0 Å². The first-order valence-electron chi connectivity index (χ1n) is 20.3. The Balaban J connectivity index is 0.900. The third kappa shape index (κ3) is 6.68. The van der Waals surface area contributed by atoms with Gasteiger partial charge in [0.1, 0.15) is 5.52 Å². The van der Waals surface area contributed by atoms with E-state index >= 15 is 0 Å². The largest absolute Gasteiger partial charge is 0.436 e. The van der Waals surface area contributed by atoms with E-state index in [0.29, 0.717) is 5.89 Å². The summed E-state index contributed by atoms with van der Waals surface area (Å²) in [4.78, 5) is 14.3. The second-order valence-electron chi connectivity index (χ2n) is 15.1. The lowest BCUT2D eigenvalue weighted by Gasteiger charge is -2.26. The zero-order valence-corrected chi connectivity index (χ0v) is 32.7. The Labute approximate surface area is 348 Å². The van der Waals surface area contributed by atoms with E-state index in [2.05, 4.69) is 204 Å². The summed E-state index contributed by atoms with van der Waals surface area (Å²) in [5.74, 6) is 0.614. The Morgan fingerprint density at radius 1 is 0.383 bits per heavy atom. The maximum atomic E-state index is 6.08. The first kappa shape index (κ1) is 35.2. The Morgan fingerprint density at radius 3 is 1.63 bits per heavy atom. The van der Waals surface area contributed by atoms with Crippen molar-refractivity contribution >= 4 is 67.4 Å². The van der Waals surface area contributed by atoms with Crippen LogP contribution in [0.15, 0.2) is 228 Å². The molecule has 284 valence electrons. The van der Waals surface area contributed by atoms with Gasteiger partial charge in [0.2, 0.25) is 5.89 Å². The van der Waals surface area contributed by atoms with Gasteiger partial charge in [-0.15, -0.1) is 0 Å². The van der Waals surface area contributed by atoms with Crippen molar-refractivity contribution < 1.29 is 4.42 Å². The highest BCUT2D eigenvalue weighted by Gasteiger charge is 2.19. The number of rotatable bonds is 9. The van der Waals surface area contributed by atoms with E-state index in [1.165, 1.54) is 16.3 Å². The smallest absolute Gasteiger partial charge is 0.227 e. The highest BCUT2D eigenvalue weighted by molar-refractivity contribution is 6.07. The molecular weight excluding hydrogens is 733 g/mol. The number of hydrogen-bond acceptors (Lipinski definition) is 5. The van der Waals surface area contributed by atoms with Crippen LogP contribution in [-0.4, -0.2) is 10.7 Å². The number of fused-ring (bicyclic) bond motifs is 3. The molecule has 1 aliphatic heterocycles. The average Bonchev–Trinajstić information content (AvgIpc) is 3.96. The molecule has 60 heavy (non-hydrogen) atoms. The number of aromatic nitrogens is 1. The molecule has 9 aromatic carbocycles. The third-order valence-corrected chi connectivity index (χ3v) is 11.3. The summed E-state index contributed by atoms with van der Waals surface area (Å²) in [6.07, 6.45) is 0.858. The third-order valence-electron chi connectivity index (χ3n) is 11.3. The van der Waals surface area contributed by atoms with E-state index in [1.54, 1.807) is 0 Å². The number of nitrogens with zero attached hydrogens (tertiary/aromatic N) is 4. The number of benzene rings is 9. The molecule has 0 fully saturated rings. The fraction of sp³-hybridized carbons (Fsp3) is 0.0182. The molecule has 0 unspecified atom stereocenters.